The normalized spacial score (nSPS) is 15.9. The highest BCUT2D eigenvalue weighted by Gasteiger charge is 2.24. The molecule has 164 valence electrons. The largest absolute Gasteiger partial charge is 0.497 e. The van der Waals surface area contributed by atoms with Crippen LogP contribution in [0.25, 0.3) is 11.0 Å². The predicted octanol–water partition coefficient (Wildman–Crippen LogP) is 4.26. The van der Waals surface area contributed by atoms with Crippen molar-refractivity contribution in [2.75, 3.05) is 39.3 Å². The Labute approximate surface area is 183 Å². The van der Waals surface area contributed by atoms with Crippen LogP contribution in [0.4, 0.5) is 5.69 Å². The maximum Gasteiger partial charge on any atom is 0.227 e. The summed E-state index contributed by atoms with van der Waals surface area (Å²) < 4.78 is 16.8. The lowest BCUT2D eigenvalue weighted by Crippen LogP contribution is -2.37. The first kappa shape index (κ1) is 21.2. The molecule has 0 aliphatic carbocycles. The van der Waals surface area contributed by atoms with E-state index >= 15 is 0 Å². The summed E-state index contributed by atoms with van der Waals surface area (Å²) in [6, 6.07) is 14.0. The minimum atomic E-state index is 0.0747. The van der Waals surface area contributed by atoms with Crippen molar-refractivity contribution in [3.05, 3.63) is 59.9 Å². The van der Waals surface area contributed by atoms with Gasteiger partial charge in [-0.05, 0) is 42.7 Å². The number of furan rings is 1. The Morgan fingerprint density at radius 1 is 1.16 bits per heavy atom. The fraction of sp³-hybridized carbons (Fsp3) is 0.400. The van der Waals surface area contributed by atoms with Gasteiger partial charge in [-0.15, -0.1) is 0 Å². The summed E-state index contributed by atoms with van der Waals surface area (Å²) >= 11 is 0. The summed E-state index contributed by atoms with van der Waals surface area (Å²) in [6.45, 7) is 1.95. The lowest BCUT2D eigenvalue weighted by molar-refractivity contribution is -0.132. The van der Waals surface area contributed by atoms with Crippen molar-refractivity contribution in [1.82, 2.24) is 4.90 Å². The maximum atomic E-state index is 13.3. The van der Waals surface area contributed by atoms with Crippen LogP contribution in [0.15, 0.2) is 53.1 Å². The molecule has 1 aliphatic rings. The van der Waals surface area contributed by atoms with Crippen LogP contribution in [0.3, 0.4) is 0 Å². The quantitative estimate of drug-likeness (QED) is 0.543. The molecule has 3 aromatic rings. The van der Waals surface area contributed by atoms with Crippen LogP contribution in [0.5, 0.6) is 5.75 Å². The number of anilines is 1. The van der Waals surface area contributed by atoms with E-state index in [2.05, 4.69) is 29.2 Å². The van der Waals surface area contributed by atoms with E-state index in [0.29, 0.717) is 19.5 Å². The number of rotatable bonds is 8. The average Bonchev–Trinajstić information content (AvgIpc) is 3.43. The fourth-order valence-electron chi connectivity index (χ4n) is 4.01. The topological polar surface area (TPSA) is 55.2 Å². The Hall–Kier alpha value is -2.99. The summed E-state index contributed by atoms with van der Waals surface area (Å²) in [7, 11) is 5.67. The molecule has 6 heteroatoms. The van der Waals surface area contributed by atoms with Crippen LogP contribution in [-0.4, -0.2) is 51.3 Å². The third kappa shape index (κ3) is 5.02. The Kier molecular flexibility index (Phi) is 6.47. The second kappa shape index (κ2) is 9.43. The van der Waals surface area contributed by atoms with Gasteiger partial charge in [0, 0.05) is 56.5 Å². The Balaban J connectivity index is 1.52. The molecule has 0 radical (unpaired) electrons. The number of carbonyl (C=O) groups excluding carboxylic acids is 1. The number of benzene rings is 2. The van der Waals surface area contributed by atoms with E-state index in [1.54, 1.807) is 13.4 Å². The van der Waals surface area contributed by atoms with Gasteiger partial charge >= 0.3 is 0 Å². The van der Waals surface area contributed by atoms with Gasteiger partial charge in [-0.2, -0.15) is 0 Å². The van der Waals surface area contributed by atoms with Crippen molar-refractivity contribution in [2.24, 2.45) is 0 Å². The predicted molar refractivity (Wildman–Crippen MR) is 122 cm³/mol. The Bertz CT molecular complexity index is 1020. The molecule has 1 amide bonds. The molecule has 1 saturated heterocycles. The van der Waals surface area contributed by atoms with E-state index in [-0.39, 0.29) is 12.0 Å². The van der Waals surface area contributed by atoms with E-state index in [1.807, 2.05) is 37.2 Å². The SMILES string of the molecule is COc1ccc2c(CC(=O)N(Cc3ccc(N(C)C)cc3)CC3CCCO3)coc2c1. The molecule has 0 spiro atoms. The second-order valence-electron chi connectivity index (χ2n) is 8.27. The summed E-state index contributed by atoms with van der Waals surface area (Å²) in [4.78, 5) is 17.3. The molecule has 1 fully saturated rings. The molecule has 6 nitrogen and oxygen atoms in total. The van der Waals surface area contributed by atoms with Crippen molar-refractivity contribution in [2.45, 2.75) is 31.9 Å². The van der Waals surface area contributed by atoms with Gasteiger partial charge in [-0.3, -0.25) is 4.79 Å². The van der Waals surface area contributed by atoms with Gasteiger partial charge in [0.05, 0.1) is 25.9 Å². The Morgan fingerprint density at radius 3 is 2.65 bits per heavy atom. The monoisotopic (exact) mass is 422 g/mol. The molecule has 1 atom stereocenters. The number of ether oxygens (including phenoxy) is 2. The standard InChI is InChI=1S/C25H30N2O4/c1-26(2)20-8-6-18(7-9-20)15-27(16-22-5-4-12-30-22)25(28)13-19-17-31-24-14-21(29-3)10-11-23(19)24/h6-11,14,17,22H,4-5,12-13,15-16H2,1-3H3. The lowest BCUT2D eigenvalue weighted by atomic mass is 10.1. The third-order valence-electron chi connectivity index (χ3n) is 5.83. The number of hydrogen-bond donors (Lipinski definition) is 0. The maximum absolute atomic E-state index is 13.3. The van der Waals surface area contributed by atoms with Crippen molar-refractivity contribution in [3.63, 3.8) is 0 Å². The number of fused-ring (bicyclic) bond motifs is 1. The Morgan fingerprint density at radius 2 is 1.97 bits per heavy atom. The van der Waals surface area contributed by atoms with E-state index < -0.39 is 0 Å². The van der Waals surface area contributed by atoms with Gasteiger partial charge in [-0.25, -0.2) is 0 Å². The highest BCUT2D eigenvalue weighted by molar-refractivity contribution is 5.88. The van der Waals surface area contributed by atoms with Gasteiger partial charge in [-0.1, -0.05) is 12.1 Å². The van der Waals surface area contributed by atoms with E-state index in [9.17, 15) is 4.79 Å². The molecular formula is C25H30N2O4. The van der Waals surface area contributed by atoms with Crippen molar-refractivity contribution >= 4 is 22.6 Å². The van der Waals surface area contributed by atoms with E-state index in [0.717, 1.165) is 53.0 Å². The molecule has 1 aliphatic heterocycles. The van der Waals surface area contributed by atoms with Crippen LogP contribution in [0.1, 0.15) is 24.0 Å². The van der Waals surface area contributed by atoms with Crippen LogP contribution < -0.4 is 9.64 Å². The van der Waals surface area contributed by atoms with Crippen LogP contribution in [-0.2, 0) is 22.5 Å². The first-order valence-corrected chi connectivity index (χ1v) is 10.7. The molecule has 2 heterocycles. The van der Waals surface area contributed by atoms with Gasteiger partial charge in [0.15, 0.2) is 0 Å². The highest BCUT2D eigenvalue weighted by Crippen LogP contribution is 2.27. The zero-order chi connectivity index (χ0) is 21.8. The second-order valence-corrected chi connectivity index (χ2v) is 8.27. The molecule has 1 aromatic heterocycles. The number of carbonyl (C=O) groups is 1. The molecule has 1 unspecified atom stereocenters. The first-order valence-electron chi connectivity index (χ1n) is 10.7. The van der Waals surface area contributed by atoms with Gasteiger partial charge in [0.2, 0.25) is 5.91 Å². The van der Waals surface area contributed by atoms with Crippen LogP contribution >= 0.6 is 0 Å². The average molecular weight is 423 g/mol. The summed E-state index contributed by atoms with van der Waals surface area (Å²) in [6.07, 6.45) is 4.13. The number of hydrogen-bond acceptors (Lipinski definition) is 5. The minimum absolute atomic E-state index is 0.0747. The van der Waals surface area contributed by atoms with Crippen molar-refractivity contribution < 1.29 is 18.7 Å². The van der Waals surface area contributed by atoms with Gasteiger partial charge in [0.25, 0.3) is 0 Å². The van der Waals surface area contributed by atoms with Crippen molar-refractivity contribution in [3.8, 4) is 5.75 Å². The number of methoxy groups -OCH3 is 1. The smallest absolute Gasteiger partial charge is 0.227 e. The molecule has 0 N–H and O–H groups in total. The first-order chi connectivity index (χ1) is 15.0. The molecule has 2 aromatic carbocycles. The van der Waals surface area contributed by atoms with E-state index in [4.69, 9.17) is 13.9 Å². The molecule has 31 heavy (non-hydrogen) atoms. The van der Waals surface area contributed by atoms with E-state index in [1.165, 1.54) is 0 Å². The molecule has 4 rings (SSSR count). The van der Waals surface area contributed by atoms with Crippen LogP contribution in [0.2, 0.25) is 0 Å². The van der Waals surface area contributed by atoms with Crippen molar-refractivity contribution in [1.29, 1.82) is 0 Å². The summed E-state index contributed by atoms with van der Waals surface area (Å²) in [5.41, 5.74) is 3.87. The van der Waals surface area contributed by atoms with Gasteiger partial charge < -0.3 is 23.7 Å². The minimum Gasteiger partial charge on any atom is -0.497 e. The number of nitrogens with zero attached hydrogens (tertiary/aromatic N) is 2. The highest BCUT2D eigenvalue weighted by atomic mass is 16.5. The zero-order valence-corrected chi connectivity index (χ0v) is 18.5. The summed E-state index contributed by atoms with van der Waals surface area (Å²) in [5.74, 6) is 0.812. The number of amides is 1. The zero-order valence-electron chi connectivity index (χ0n) is 18.5. The fourth-order valence-corrected chi connectivity index (χ4v) is 4.01. The molecule has 0 saturated carbocycles. The molecule has 0 bridgehead atoms. The summed E-state index contributed by atoms with van der Waals surface area (Å²) in [5, 5.41) is 0.946. The van der Waals surface area contributed by atoms with Crippen LogP contribution in [0, 0.1) is 0 Å². The van der Waals surface area contributed by atoms with Gasteiger partial charge in [0.1, 0.15) is 11.3 Å². The third-order valence-corrected chi connectivity index (χ3v) is 5.83. The lowest BCUT2D eigenvalue weighted by Gasteiger charge is -2.26. The molecular weight excluding hydrogens is 392 g/mol.